The van der Waals surface area contributed by atoms with Gasteiger partial charge in [-0.15, -0.1) is 11.8 Å². The number of carboxylic acid groups (broad SMARTS) is 1. The fourth-order valence-corrected chi connectivity index (χ4v) is 3.22. The van der Waals surface area contributed by atoms with E-state index in [1.54, 1.807) is 19.1 Å². The third-order valence-electron chi connectivity index (χ3n) is 3.08. The second kappa shape index (κ2) is 5.49. The number of hydrogen-bond donors (Lipinski definition) is 1. The fraction of sp³-hybridized carbons (Fsp3) is 0.333. The van der Waals surface area contributed by atoms with Gasteiger partial charge in [0.25, 0.3) is 11.6 Å². The van der Waals surface area contributed by atoms with E-state index in [9.17, 15) is 19.7 Å². The van der Waals surface area contributed by atoms with Crippen LogP contribution in [0.3, 0.4) is 0 Å². The minimum absolute atomic E-state index is 0.0660. The SMILES string of the molecule is Cc1cccc(C(=O)N2CSCC2C(=O)O)c1[N+](=O)[O-]. The number of amides is 1. The second-order valence-electron chi connectivity index (χ2n) is 4.36. The minimum atomic E-state index is -1.10. The molecule has 0 saturated carbocycles. The first-order valence-electron chi connectivity index (χ1n) is 5.79. The molecule has 0 radical (unpaired) electrons. The summed E-state index contributed by atoms with van der Waals surface area (Å²) in [5.41, 5.74) is 0.0434. The van der Waals surface area contributed by atoms with Crippen molar-refractivity contribution in [3.05, 3.63) is 39.4 Å². The number of hydrogen-bond acceptors (Lipinski definition) is 5. The van der Waals surface area contributed by atoms with Gasteiger partial charge in [-0.05, 0) is 13.0 Å². The van der Waals surface area contributed by atoms with E-state index in [0.717, 1.165) is 4.90 Å². The maximum absolute atomic E-state index is 12.4. The molecule has 1 atom stereocenters. The third-order valence-corrected chi connectivity index (χ3v) is 4.09. The normalized spacial score (nSPS) is 18.1. The standard InChI is InChI=1S/C12H12N2O5S/c1-7-3-2-4-8(10(7)14(18)19)11(15)13-6-20-5-9(13)12(16)17/h2-4,9H,5-6H2,1H3,(H,16,17). The molecule has 8 heteroatoms. The van der Waals surface area contributed by atoms with Crippen molar-refractivity contribution in [3.63, 3.8) is 0 Å². The van der Waals surface area contributed by atoms with Crippen LogP contribution in [-0.2, 0) is 4.79 Å². The van der Waals surface area contributed by atoms with E-state index in [1.165, 1.54) is 17.8 Å². The largest absolute Gasteiger partial charge is 0.480 e. The molecular formula is C12H12N2O5S. The van der Waals surface area contributed by atoms with E-state index < -0.39 is 22.8 Å². The number of nitrogens with zero attached hydrogens (tertiary/aromatic N) is 2. The predicted octanol–water partition coefficient (Wildman–Crippen LogP) is 1.50. The van der Waals surface area contributed by atoms with E-state index in [-0.39, 0.29) is 17.1 Å². The molecule has 1 amide bonds. The minimum Gasteiger partial charge on any atom is -0.480 e. The van der Waals surface area contributed by atoms with Crippen molar-refractivity contribution in [1.29, 1.82) is 0 Å². The van der Waals surface area contributed by atoms with E-state index in [2.05, 4.69) is 0 Å². The summed E-state index contributed by atoms with van der Waals surface area (Å²) >= 11 is 1.31. The highest BCUT2D eigenvalue weighted by Crippen LogP contribution is 2.28. The molecule has 1 N–H and O–H groups in total. The van der Waals surface area contributed by atoms with Gasteiger partial charge in [-0.1, -0.05) is 12.1 Å². The Hall–Kier alpha value is -2.09. The molecule has 1 saturated heterocycles. The molecule has 0 bridgehead atoms. The molecule has 1 aromatic rings. The smallest absolute Gasteiger partial charge is 0.327 e. The zero-order chi connectivity index (χ0) is 14.9. The molecule has 0 aliphatic carbocycles. The van der Waals surface area contributed by atoms with E-state index in [0.29, 0.717) is 11.3 Å². The second-order valence-corrected chi connectivity index (χ2v) is 5.36. The quantitative estimate of drug-likeness (QED) is 0.670. The third kappa shape index (κ3) is 2.46. The molecule has 1 fully saturated rings. The lowest BCUT2D eigenvalue weighted by atomic mass is 10.1. The van der Waals surface area contributed by atoms with Crippen molar-refractivity contribution < 1.29 is 19.6 Å². The Balaban J connectivity index is 2.42. The highest BCUT2D eigenvalue weighted by atomic mass is 32.2. The summed E-state index contributed by atoms with van der Waals surface area (Å²) in [6.07, 6.45) is 0. The van der Waals surface area contributed by atoms with Crippen molar-refractivity contribution in [1.82, 2.24) is 4.90 Å². The lowest BCUT2D eigenvalue weighted by Gasteiger charge is -2.20. The molecule has 106 valence electrons. The summed E-state index contributed by atoms with van der Waals surface area (Å²) in [7, 11) is 0. The summed E-state index contributed by atoms with van der Waals surface area (Å²) in [6, 6.07) is 3.51. The van der Waals surface area contributed by atoms with Crippen molar-refractivity contribution in [2.45, 2.75) is 13.0 Å². The Kier molecular flexibility index (Phi) is 3.93. The number of para-hydroxylation sites is 1. The zero-order valence-electron chi connectivity index (χ0n) is 10.6. The number of aryl methyl sites for hydroxylation is 1. The van der Waals surface area contributed by atoms with Gasteiger partial charge in [0.1, 0.15) is 11.6 Å². The van der Waals surface area contributed by atoms with Gasteiger partial charge in [0.15, 0.2) is 0 Å². The van der Waals surface area contributed by atoms with Crippen molar-refractivity contribution in [2.24, 2.45) is 0 Å². The number of carboxylic acids is 1. The average Bonchev–Trinajstić information content (AvgIpc) is 2.86. The monoisotopic (exact) mass is 296 g/mol. The summed E-state index contributed by atoms with van der Waals surface area (Å²) in [5, 5.41) is 20.2. The number of benzene rings is 1. The van der Waals surface area contributed by atoms with Crippen LogP contribution in [0.1, 0.15) is 15.9 Å². The van der Waals surface area contributed by atoms with Gasteiger partial charge in [0.2, 0.25) is 0 Å². The molecule has 1 heterocycles. The average molecular weight is 296 g/mol. The molecule has 1 unspecified atom stereocenters. The number of rotatable bonds is 3. The molecule has 20 heavy (non-hydrogen) atoms. The molecular weight excluding hydrogens is 284 g/mol. The Morgan fingerprint density at radius 3 is 2.80 bits per heavy atom. The molecule has 0 aromatic heterocycles. The van der Waals surface area contributed by atoms with Crippen LogP contribution >= 0.6 is 11.8 Å². The summed E-state index contributed by atoms with van der Waals surface area (Å²) in [6.45, 7) is 1.54. The summed E-state index contributed by atoms with van der Waals surface area (Å²) in [4.78, 5) is 35.1. The number of carbonyl (C=O) groups excluding carboxylic acids is 1. The van der Waals surface area contributed by atoms with Crippen molar-refractivity contribution in [3.8, 4) is 0 Å². The number of carbonyl (C=O) groups is 2. The highest BCUT2D eigenvalue weighted by Gasteiger charge is 2.37. The van der Waals surface area contributed by atoms with Crippen LogP contribution in [0.4, 0.5) is 5.69 Å². The van der Waals surface area contributed by atoms with Gasteiger partial charge >= 0.3 is 5.97 Å². The van der Waals surface area contributed by atoms with Gasteiger partial charge in [0, 0.05) is 11.3 Å². The van der Waals surface area contributed by atoms with Crippen LogP contribution in [0, 0.1) is 17.0 Å². The van der Waals surface area contributed by atoms with Crippen LogP contribution in [0.15, 0.2) is 18.2 Å². The maximum Gasteiger partial charge on any atom is 0.327 e. The Morgan fingerprint density at radius 2 is 2.20 bits per heavy atom. The lowest BCUT2D eigenvalue weighted by molar-refractivity contribution is -0.385. The molecule has 7 nitrogen and oxygen atoms in total. The van der Waals surface area contributed by atoms with Gasteiger partial charge in [-0.2, -0.15) is 0 Å². The summed E-state index contributed by atoms with van der Waals surface area (Å²) < 4.78 is 0. The van der Waals surface area contributed by atoms with E-state index >= 15 is 0 Å². The first-order valence-corrected chi connectivity index (χ1v) is 6.94. The van der Waals surface area contributed by atoms with E-state index in [4.69, 9.17) is 5.11 Å². The van der Waals surface area contributed by atoms with Gasteiger partial charge < -0.3 is 10.0 Å². The van der Waals surface area contributed by atoms with Gasteiger partial charge in [-0.25, -0.2) is 4.79 Å². The van der Waals surface area contributed by atoms with Crippen LogP contribution in [0.2, 0.25) is 0 Å². The topological polar surface area (TPSA) is 101 Å². The maximum atomic E-state index is 12.4. The van der Waals surface area contributed by atoms with Gasteiger partial charge in [0.05, 0.1) is 10.8 Å². The number of nitro groups is 1. The summed E-state index contributed by atoms with van der Waals surface area (Å²) in [5.74, 6) is -1.20. The molecule has 1 aromatic carbocycles. The molecule has 1 aliphatic rings. The zero-order valence-corrected chi connectivity index (χ0v) is 11.4. The molecule has 1 aliphatic heterocycles. The lowest BCUT2D eigenvalue weighted by Crippen LogP contribution is -2.42. The fourth-order valence-electron chi connectivity index (χ4n) is 2.08. The predicted molar refractivity (Wildman–Crippen MR) is 72.8 cm³/mol. The number of thioether (sulfide) groups is 1. The Morgan fingerprint density at radius 1 is 1.50 bits per heavy atom. The molecule has 0 spiro atoms. The van der Waals surface area contributed by atoms with Crippen LogP contribution in [-0.4, -0.2) is 44.5 Å². The number of nitro benzene ring substituents is 1. The van der Waals surface area contributed by atoms with Crippen LogP contribution < -0.4 is 0 Å². The Labute approximate surface area is 118 Å². The van der Waals surface area contributed by atoms with E-state index in [1.807, 2.05) is 0 Å². The van der Waals surface area contributed by atoms with Crippen molar-refractivity contribution in [2.75, 3.05) is 11.6 Å². The van der Waals surface area contributed by atoms with Crippen LogP contribution in [0.25, 0.3) is 0 Å². The highest BCUT2D eigenvalue weighted by molar-refractivity contribution is 7.99. The first kappa shape index (κ1) is 14.3. The first-order chi connectivity index (χ1) is 9.43. The van der Waals surface area contributed by atoms with Crippen LogP contribution in [0.5, 0.6) is 0 Å². The van der Waals surface area contributed by atoms with Gasteiger partial charge in [-0.3, -0.25) is 14.9 Å². The van der Waals surface area contributed by atoms with Crippen molar-refractivity contribution >= 4 is 29.3 Å². The Bertz CT molecular complexity index is 589. The molecule has 2 rings (SSSR count). The number of aliphatic carboxylic acids is 1.